The smallest absolute Gasteiger partial charge is 0.254 e. The molecule has 0 unspecified atom stereocenters. The van der Waals surface area contributed by atoms with Crippen molar-refractivity contribution in [3.8, 4) is 16.8 Å². The molecule has 0 spiro atoms. The van der Waals surface area contributed by atoms with E-state index in [1.807, 2.05) is 43.1 Å². The molecule has 5 aromatic rings. The maximum atomic E-state index is 13.5. The van der Waals surface area contributed by atoms with E-state index in [1.54, 1.807) is 41.9 Å². The summed E-state index contributed by atoms with van der Waals surface area (Å²) in [5.41, 5.74) is 4.01. The second-order valence-electron chi connectivity index (χ2n) is 19.3. The first-order valence-electron chi connectivity index (χ1n) is 23.2. The highest BCUT2D eigenvalue weighted by atomic mass is 35.5. The van der Waals surface area contributed by atoms with E-state index in [0.29, 0.717) is 45.2 Å². The molecule has 0 radical (unpaired) electrons. The summed E-state index contributed by atoms with van der Waals surface area (Å²) in [6, 6.07) is 14.2. The minimum absolute atomic E-state index is 0.0620. The molecular formula is C50H60Cl2N12O3S. The minimum Gasteiger partial charge on any atom is -0.489 e. The average molecular weight is 980 g/mol. The lowest BCUT2D eigenvalue weighted by molar-refractivity contribution is -0.164. The maximum Gasteiger partial charge on any atom is 0.254 e. The zero-order valence-electron chi connectivity index (χ0n) is 40.1. The van der Waals surface area contributed by atoms with Crippen molar-refractivity contribution in [1.29, 1.82) is 5.26 Å². The topological polar surface area (TPSA) is 170 Å². The predicted octanol–water partition coefficient (Wildman–Crippen LogP) is 7.77. The molecule has 1 aliphatic carbocycles. The van der Waals surface area contributed by atoms with E-state index >= 15 is 0 Å². The summed E-state index contributed by atoms with van der Waals surface area (Å²) in [5.74, 6) is 2.30. The van der Waals surface area contributed by atoms with Gasteiger partial charge < -0.3 is 30.1 Å². The fourth-order valence-electron chi connectivity index (χ4n) is 10.2. The second-order valence-corrected chi connectivity index (χ2v) is 21.4. The van der Waals surface area contributed by atoms with Crippen molar-refractivity contribution in [3.05, 3.63) is 109 Å². The van der Waals surface area contributed by atoms with Crippen LogP contribution in [0.15, 0.2) is 59.9 Å². The number of aromatic nitrogens is 5. The van der Waals surface area contributed by atoms with Crippen molar-refractivity contribution >= 4 is 58.0 Å². The molecule has 3 aliphatic rings. The van der Waals surface area contributed by atoms with Crippen LogP contribution in [0.25, 0.3) is 5.00 Å². The lowest BCUT2D eigenvalue weighted by atomic mass is 9.49. The van der Waals surface area contributed by atoms with E-state index in [4.69, 9.17) is 32.9 Å². The Kier molecular flexibility index (Phi) is 14.6. The van der Waals surface area contributed by atoms with Gasteiger partial charge >= 0.3 is 0 Å². The number of aryl methyl sites for hydroxylation is 2. The molecule has 1 saturated heterocycles. The molecule has 68 heavy (non-hydrogen) atoms. The highest BCUT2D eigenvalue weighted by Gasteiger charge is 2.64. The number of halogens is 2. The van der Waals surface area contributed by atoms with Gasteiger partial charge in [0.05, 0.1) is 28.3 Å². The molecule has 2 amide bonds. The normalized spacial score (nSPS) is 19.7. The number of rotatable bonds is 16. The molecule has 1 saturated carbocycles. The number of thiophene rings is 1. The number of amides is 2. The third-order valence-corrected chi connectivity index (χ3v) is 15.6. The largest absolute Gasteiger partial charge is 0.489 e. The van der Waals surface area contributed by atoms with Gasteiger partial charge in [0.15, 0.2) is 5.82 Å². The standard InChI is InChI=1S/C50H60Cl2N12O3S/c1-30-31(2)68-45-41(30)42(33-11-14-36(51)15-12-33)57-39(43-60-59-32(3)64(43)45)26-40(65)54-17-9-19-62-21-23-63(24-22-62)20-10-18-61(8)48-55-28-35(29-56-48)44(66)58-46-49(4,5)47(50(46,6)7)67-37-16-13-34(27-53)38(52)25-37/h11-16,25,28-29,39,46-47H,9-10,17-24,26H2,1-8H3,(H,54,65)(H,58,66)/t39-,46?,47?/m0/s1. The predicted molar refractivity (Wildman–Crippen MR) is 268 cm³/mol. The van der Waals surface area contributed by atoms with Crippen LogP contribution in [-0.4, -0.2) is 124 Å². The van der Waals surface area contributed by atoms with Gasteiger partial charge in [-0.05, 0) is 76.5 Å². The van der Waals surface area contributed by atoms with E-state index in [2.05, 4.69) is 92.8 Å². The number of carbonyl (C=O) groups excluding carboxylic acids is 2. The molecule has 8 rings (SSSR count). The lowest BCUT2D eigenvalue weighted by Gasteiger charge is -2.63. The third kappa shape index (κ3) is 10.1. The van der Waals surface area contributed by atoms with Crippen LogP contribution in [-0.2, 0) is 4.79 Å². The summed E-state index contributed by atoms with van der Waals surface area (Å²) in [7, 11) is 1.97. The van der Waals surface area contributed by atoms with Gasteiger partial charge in [-0.25, -0.2) is 9.97 Å². The summed E-state index contributed by atoms with van der Waals surface area (Å²) in [4.78, 5) is 49.4. The van der Waals surface area contributed by atoms with Gasteiger partial charge in [0.1, 0.15) is 34.8 Å². The molecule has 18 heteroatoms. The minimum atomic E-state index is -0.500. The molecule has 2 aromatic carbocycles. The van der Waals surface area contributed by atoms with E-state index in [9.17, 15) is 14.9 Å². The number of carbonyl (C=O) groups is 2. The Bertz CT molecular complexity index is 2700. The zero-order valence-corrected chi connectivity index (χ0v) is 42.4. The second kappa shape index (κ2) is 20.3. The number of fused-ring (bicyclic) bond motifs is 3. The van der Waals surface area contributed by atoms with E-state index in [0.717, 1.165) is 91.9 Å². The molecule has 2 N–H and O–H groups in total. The molecule has 2 aliphatic heterocycles. The number of ether oxygens (including phenoxy) is 1. The van der Waals surface area contributed by atoms with Crippen LogP contribution in [0.5, 0.6) is 5.75 Å². The molecule has 3 aromatic heterocycles. The molecular weight excluding hydrogens is 920 g/mol. The van der Waals surface area contributed by atoms with E-state index in [1.165, 1.54) is 4.88 Å². The molecule has 1 atom stereocenters. The van der Waals surface area contributed by atoms with Crippen LogP contribution in [0.4, 0.5) is 5.95 Å². The number of anilines is 1. The van der Waals surface area contributed by atoms with E-state index in [-0.39, 0.29) is 41.2 Å². The SMILES string of the molecule is Cc1sc2c(c1C)C(c1ccc(Cl)cc1)=N[C@@H](CC(=O)NCCCN1CCN(CCCN(C)c3ncc(C(=O)NC4C(C)(C)C(Oc5ccc(C#N)c(Cl)c5)C4(C)C)cn3)CC1)c1nnc(C)n1-2. The number of nitriles is 1. The number of hydrogen-bond donors (Lipinski definition) is 2. The number of aliphatic imine (C=N–C) groups is 1. The Morgan fingerprint density at radius 2 is 1.60 bits per heavy atom. The molecule has 2 fully saturated rings. The average Bonchev–Trinajstić information content (AvgIpc) is 3.80. The van der Waals surface area contributed by atoms with Crippen molar-refractivity contribution in [2.24, 2.45) is 15.8 Å². The number of nitrogens with zero attached hydrogens (tertiary/aromatic N) is 10. The van der Waals surface area contributed by atoms with Gasteiger partial charge in [-0.15, -0.1) is 21.5 Å². The Morgan fingerprint density at radius 3 is 2.25 bits per heavy atom. The summed E-state index contributed by atoms with van der Waals surface area (Å²) in [6.07, 6.45) is 4.95. The first-order chi connectivity index (χ1) is 32.5. The van der Waals surface area contributed by atoms with Gasteiger partial charge in [-0.1, -0.05) is 63.0 Å². The van der Waals surface area contributed by atoms with Crippen molar-refractivity contribution in [1.82, 2.24) is 45.2 Å². The van der Waals surface area contributed by atoms with E-state index < -0.39 is 6.04 Å². The summed E-state index contributed by atoms with van der Waals surface area (Å²) in [6.45, 7) is 21.7. The first kappa shape index (κ1) is 49.0. The Morgan fingerprint density at radius 1 is 0.941 bits per heavy atom. The van der Waals surface area contributed by atoms with Crippen molar-refractivity contribution in [3.63, 3.8) is 0 Å². The van der Waals surface area contributed by atoms with Gasteiger partial charge in [-0.2, -0.15) is 5.26 Å². The van der Waals surface area contributed by atoms with Gasteiger partial charge in [0.25, 0.3) is 5.91 Å². The number of benzene rings is 2. The summed E-state index contributed by atoms with van der Waals surface area (Å²) < 4.78 is 8.44. The highest BCUT2D eigenvalue weighted by molar-refractivity contribution is 7.15. The van der Waals surface area contributed by atoms with Crippen LogP contribution in [0, 0.1) is 42.9 Å². The zero-order chi connectivity index (χ0) is 48.5. The number of nitrogens with one attached hydrogen (secondary N) is 2. The van der Waals surface area contributed by atoms with Crippen LogP contribution in [0.2, 0.25) is 10.0 Å². The van der Waals surface area contributed by atoms with Gasteiger partial charge in [0, 0.05) is 103 Å². The third-order valence-electron chi connectivity index (χ3n) is 13.8. The van der Waals surface area contributed by atoms with Gasteiger partial charge in [0.2, 0.25) is 11.9 Å². The van der Waals surface area contributed by atoms with Crippen molar-refractivity contribution < 1.29 is 14.3 Å². The first-order valence-corrected chi connectivity index (χ1v) is 24.8. The highest BCUT2D eigenvalue weighted by Crippen LogP contribution is 2.55. The van der Waals surface area contributed by atoms with Crippen LogP contribution in [0.3, 0.4) is 0 Å². The summed E-state index contributed by atoms with van der Waals surface area (Å²) in [5, 5.41) is 26.6. The fraction of sp³-hybridized carbons (Fsp3) is 0.480. The number of hydrogen-bond acceptors (Lipinski definition) is 13. The Balaban J connectivity index is 0.746. The summed E-state index contributed by atoms with van der Waals surface area (Å²) >= 11 is 14.2. The Labute approximate surface area is 412 Å². The molecule has 5 heterocycles. The van der Waals surface area contributed by atoms with Crippen LogP contribution >= 0.6 is 34.5 Å². The van der Waals surface area contributed by atoms with Crippen molar-refractivity contribution in [2.45, 2.75) is 85.9 Å². The molecule has 358 valence electrons. The fourth-order valence-corrected chi connectivity index (χ4v) is 11.8. The van der Waals surface area contributed by atoms with Gasteiger partial charge in [-0.3, -0.25) is 19.1 Å². The maximum absolute atomic E-state index is 13.5. The van der Waals surface area contributed by atoms with Crippen LogP contribution < -0.4 is 20.3 Å². The van der Waals surface area contributed by atoms with Crippen LogP contribution in [0.1, 0.15) is 102 Å². The molecule has 15 nitrogen and oxygen atoms in total. The Hall–Kier alpha value is -5.44. The lowest BCUT2D eigenvalue weighted by Crippen LogP contribution is -2.74. The van der Waals surface area contributed by atoms with Crippen molar-refractivity contribution in [2.75, 3.05) is 64.3 Å². The molecule has 0 bridgehead atoms. The quantitative estimate of drug-likeness (QED) is 0.0927. The number of piperazine rings is 1. The monoisotopic (exact) mass is 978 g/mol.